The summed E-state index contributed by atoms with van der Waals surface area (Å²) in [5.74, 6) is 0.663. The van der Waals surface area contributed by atoms with Crippen LogP contribution in [-0.2, 0) is 0 Å². The van der Waals surface area contributed by atoms with E-state index in [0.717, 1.165) is 0 Å². The Labute approximate surface area is 199 Å². The van der Waals surface area contributed by atoms with Crippen LogP contribution >= 0.6 is 34.8 Å². The van der Waals surface area contributed by atoms with Crippen LogP contribution in [0.4, 0.5) is 10.2 Å². The van der Waals surface area contributed by atoms with Crippen molar-refractivity contribution in [2.24, 2.45) is 0 Å². The van der Waals surface area contributed by atoms with Gasteiger partial charge in [0.05, 0.1) is 15.6 Å². The molecule has 2 aromatic carbocycles. The Kier molecular flexibility index (Phi) is 6.69. The number of nitrogens with zero attached hydrogens (tertiary/aromatic N) is 4. The molecule has 6 nitrogen and oxygen atoms in total. The summed E-state index contributed by atoms with van der Waals surface area (Å²) < 4.78 is 19.1. The summed E-state index contributed by atoms with van der Waals surface area (Å²) in [6.45, 7) is 3.59. The molecule has 4 rings (SSSR count). The monoisotopic (exact) mass is 494 g/mol. The second kappa shape index (κ2) is 9.48. The first-order valence-electron chi connectivity index (χ1n) is 9.78. The van der Waals surface area contributed by atoms with Crippen LogP contribution in [0.3, 0.4) is 0 Å². The van der Waals surface area contributed by atoms with E-state index in [1.165, 1.54) is 24.5 Å². The van der Waals surface area contributed by atoms with E-state index in [2.05, 4.69) is 9.97 Å². The molecular formula is C22H18Cl3FN4O2. The van der Waals surface area contributed by atoms with Crippen molar-refractivity contribution in [2.45, 2.75) is 13.0 Å². The maximum Gasteiger partial charge on any atom is 0.255 e. The summed E-state index contributed by atoms with van der Waals surface area (Å²) in [6.07, 6.45) is 1.39. The van der Waals surface area contributed by atoms with Crippen molar-refractivity contribution in [1.29, 1.82) is 0 Å². The van der Waals surface area contributed by atoms with Gasteiger partial charge in [0.15, 0.2) is 0 Å². The first-order chi connectivity index (χ1) is 15.3. The lowest BCUT2D eigenvalue weighted by Crippen LogP contribution is -2.54. The molecule has 1 aliphatic rings. The molecule has 1 fully saturated rings. The maximum absolute atomic E-state index is 13.4. The average Bonchev–Trinajstić information content (AvgIpc) is 2.76. The Hall–Kier alpha value is -2.61. The molecule has 0 aliphatic carbocycles. The van der Waals surface area contributed by atoms with Crippen LogP contribution in [0.25, 0.3) is 0 Å². The third-order valence-electron chi connectivity index (χ3n) is 5.11. The molecule has 0 N–H and O–H groups in total. The molecule has 1 aliphatic heterocycles. The predicted molar refractivity (Wildman–Crippen MR) is 123 cm³/mol. The topological polar surface area (TPSA) is 58.6 Å². The van der Waals surface area contributed by atoms with Gasteiger partial charge in [-0.2, -0.15) is 0 Å². The van der Waals surface area contributed by atoms with Crippen molar-refractivity contribution >= 4 is 46.5 Å². The van der Waals surface area contributed by atoms with E-state index in [4.69, 9.17) is 39.5 Å². The first kappa shape index (κ1) is 22.6. The van der Waals surface area contributed by atoms with Crippen molar-refractivity contribution < 1.29 is 13.9 Å². The van der Waals surface area contributed by atoms with Crippen LogP contribution < -0.4 is 9.64 Å². The lowest BCUT2D eigenvalue weighted by Gasteiger charge is -2.40. The fourth-order valence-corrected chi connectivity index (χ4v) is 4.16. The molecule has 1 aromatic heterocycles. The summed E-state index contributed by atoms with van der Waals surface area (Å²) in [5.41, 5.74) is 0.423. The van der Waals surface area contributed by atoms with Gasteiger partial charge in [-0.05, 0) is 37.3 Å². The van der Waals surface area contributed by atoms with Gasteiger partial charge in [-0.3, -0.25) is 4.79 Å². The zero-order chi connectivity index (χ0) is 22.8. The van der Waals surface area contributed by atoms with Crippen LogP contribution in [0.1, 0.15) is 17.3 Å². The molecule has 0 radical (unpaired) electrons. The molecule has 32 heavy (non-hydrogen) atoms. The van der Waals surface area contributed by atoms with Gasteiger partial charge in [0.1, 0.15) is 23.7 Å². The molecule has 1 amide bonds. The Morgan fingerprint density at radius 1 is 1.06 bits per heavy atom. The lowest BCUT2D eigenvalue weighted by atomic mass is 10.1. The number of benzene rings is 2. The molecule has 2 heterocycles. The minimum Gasteiger partial charge on any atom is -0.439 e. The molecular weight excluding hydrogens is 478 g/mol. The molecule has 0 bridgehead atoms. The molecule has 1 atom stereocenters. The van der Waals surface area contributed by atoms with E-state index >= 15 is 0 Å². The third-order valence-corrected chi connectivity index (χ3v) is 5.95. The number of ether oxygens (including phenoxy) is 1. The minimum absolute atomic E-state index is 0.0350. The zero-order valence-corrected chi connectivity index (χ0v) is 19.2. The predicted octanol–water partition coefficient (Wildman–Crippen LogP) is 5.72. The van der Waals surface area contributed by atoms with Crippen molar-refractivity contribution in [1.82, 2.24) is 14.9 Å². The van der Waals surface area contributed by atoms with Crippen LogP contribution in [0.2, 0.25) is 15.1 Å². The van der Waals surface area contributed by atoms with E-state index in [-0.39, 0.29) is 17.0 Å². The fourth-order valence-electron chi connectivity index (χ4n) is 3.50. The number of carbonyl (C=O) groups is 1. The summed E-state index contributed by atoms with van der Waals surface area (Å²) in [6, 6.07) is 10.5. The fraction of sp³-hybridized carbons (Fsp3) is 0.227. The van der Waals surface area contributed by atoms with E-state index < -0.39 is 5.82 Å². The van der Waals surface area contributed by atoms with E-state index in [1.807, 2.05) is 11.8 Å². The zero-order valence-electron chi connectivity index (χ0n) is 16.9. The van der Waals surface area contributed by atoms with Crippen molar-refractivity contribution in [3.63, 3.8) is 0 Å². The first-order valence-corrected chi connectivity index (χ1v) is 10.9. The Balaban J connectivity index is 1.45. The number of aromatic nitrogens is 2. The molecule has 1 saturated heterocycles. The Bertz CT molecular complexity index is 1160. The quantitative estimate of drug-likeness (QED) is 0.463. The van der Waals surface area contributed by atoms with Gasteiger partial charge < -0.3 is 14.5 Å². The third kappa shape index (κ3) is 4.90. The van der Waals surface area contributed by atoms with Gasteiger partial charge in [0.25, 0.3) is 5.91 Å². The standard InChI is InChI=1S/C22H18Cl3FN4O2/c1-13-11-29(6-7-30(13)22(31)16-4-2-14(23)8-17(16)24)20-10-21(28-12-27-20)32-15-3-5-19(26)18(25)9-15/h2-5,8-10,12-13H,6-7,11H2,1H3. The largest absolute Gasteiger partial charge is 0.439 e. The lowest BCUT2D eigenvalue weighted by molar-refractivity contribution is 0.0674. The summed E-state index contributed by atoms with van der Waals surface area (Å²) in [4.78, 5) is 25.3. The maximum atomic E-state index is 13.4. The Morgan fingerprint density at radius 2 is 1.88 bits per heavy atom. The van der Waals surface area contributed by atoms with Gasteiger partial charge in [-0.25, -0.2) is 14.4 Å². The van der Waals surface area contributed by atoms with E-state index in [0.29, 0.717) is 52.7 Å². The SMILES string of the molecule is CC1CN(c2cc(Oc3ccc(F)c(Cl)c3)ncn2)CCN1C(=O)c1ccc(Cl)cc1Cl. The van der Waals surface area contributed by atoms with Crippen LogP contribution in [0.5, 0.6) is 11.6 Å². The molecule has 10 heteroatoms. The average molecular weight is 496 g/mol. The smallest absolute Gasteiger partial charge is 0.255 e. The van der Waals surface area contributed by atoms with Crippen LogP contribution in [0, 0.1) is 5.82 Å². The Morgan fingerprint density at radius 3 is 2.59 bits per heavy atom. The summed E-state index contributed by atoms with van der Waals surface area (Å²) in [5, 5.41) is 0.775. The highest BCUT2D eigenvalue weighted by molar-refractivity contribution is 6.36. The number of hydrogen-bond donors (Lipinski definition) is 0. The second-order valence-electron chi connectivity index (χ2n) is 7.31. The molecule has 3 aromatic rings. The molecule has 0 saturated carbocycles. The highest BCUT2D eigenvalue weighted by Crippen LogP contribution is 2.28. The number of halogens is 4. The molecule has 0 spiro atoms. The molecule has 1 unspecified atom stereocenters. The van der Waals surface area contributed by atoms with Crippen molar-refractivity contribution in [3.05, 3.63) is 75.2 Å². The van der Waals surface area contributed by atoms with Crippen molar-refractivity contribution in [3.8, 4) is 11.6 Å². The number of hydrogen-bond acceptors (Lipinski definition) is 5. The normalized spacial score (nSPS) is 16.2. The van der Waals surface area contributed by atoms with Gasteiger partial charge >= 0.3 is 0 Å². The van der Waals surface area contributed by atoms with Gasteiger partial charge in [-0.1, -0.05) is 34.8 Å². The van der Waals surface area contributed by atoms with Gasteiger partial charge in [-0.15, -0.1) is 0 Å². The number of piperazine rings is 1. The number of rotatable bonds is 4. The number of carbonyl (C=O) groups excluding carboxylic acids is 1. The van der Waals surface area contributed by atoms with Crippen molar-refractivity contribution in [2.75, 3.05) is 24.5 Å². The molecule has 166 valence electrons. The number of anilines is 1. The minimum atomic E-state index is -0.524. The summed E-state index contributed by atoms with van der Waals surface area (Å²) in [7, 11) is 0. The van der Waals surface area contributed by atoms with Crippen LogP contribution in [0.15, 0.2) is 48.8 Å². The highest BCUT2D eigenvalue weighted by Gasteiger charge is 2.30. The van der Waals surface area contributed by atoms with Gasteiger partial charge in [0.2, 0.25) is 5.88 Å². The second-order valence-corrected chi connectivity index (χ2v) is 8.56. The summed E-state index contributed by atoms with van der Waals surface area (Å²) >= 11 is 18.0. The number of amides is 1. The van der Waals surface area contributed by atoms with E-state index in [1.54, 1.807) is 29.2 Å². The highest BCUT2D eigenvalue weighted by atomic mass is 35.5. The van der Waals surface area contributed by atoms with E-state index in [9.17, 15) is 9.18 Å². The van der Waals surface area contributed by atoms with Crippen LogP contribution in [-0.4, -0.2) is 46.5 Å². The van der Waals surface area contributed by atoms with Gasteiger partial charge in [0, 0.05) is 42.8 Å².